The zero-order chi connectivity index (χ0) is 15.7. The van der Waals surface area contributed by atoms with Crippen LogP contribution in [0.5, 0.6) is 0 Å². The zero-order valence-corrected chi connectivity index (χ0v) is 14.8. The third-order valence-corrected chi connectivity index (χ3v) is 4.75. The highest BCUT2D eigenvalue weighted by Gasteiger charge is 2.17. The van der Waals surface area contributed by atoms with Crippen LogP contribution in [0.25, 0.3) is 10.9 Å². The van der Waals surface area contributed by atoms with Gasteiger partial charge in [-0.05, 0) is 44.1 Å². The summed E-state index contributed by atoms with van der Waals surface area (Å²) in [4.78, 5) is 20.1. The van der Waals surface area contributed by atoms with Gasteiger partial charge in [-0.25, -0.2) is 4.98 Å². The maximum atomic E-state index is 13.0. The van der Waals surface area contributed by atoms with Crippen LogP contribution in [-0.4, -0.2) is 27.5 Å². The van der Waals surface area contributed by atoms with Gasteiger partial charge >= 0.3 is 0 Å². The van der Waals surface area contributed by atoms with E-state index in [2.05, 4.69) is 34.7 Å². The van der Waals surface area contributed by atoms with E-state index in [1.54, 1.807) is 0 Å². The Morgan fingerprint density at radius 2 is 1.95 bits per heavy atom. The second-order valence-electron chi connectivity index (χ2n) is 6.34. The Kier molecular flexibility index (Phi) is 4.64. The number of fused-ring (bicyclic) bond motifs is 1. The Hall–Kier alpha value is -1.20. The molecule has 0 unspecified atom stereocenters. The summed E-state index contributed by atoms with van der Waals surface area (Å²) < 4.78 is 2.78. The lowest BCUT2D eigenvalue weighted by Gasteiger charge is -2.28. The van der Waals surface area contributed by atoms with Crippen molar-refractivity contribution in [2.24, 2.45) is 0 Å². The Morgan fingerprint density at radius 1 is 1.23 bits per heavy atom. The molecule has 0 spiro atoms. The van der Waals surface area contributed by atoms with Crippen molar-refractivity contribution < 1.29 is 0 Å². The van der Waals surface area contributed by atoms with Crippen LogP contribution in [0.3, 0.4) is 0 Å². The third-order valence-electron chi connectivity index (χ3n) is 4.25. The maximum absolute atomic E-state index is 13.0. The van der Waals surface area contributed by atoms with Gasteiger partial charge < -0.3 is 0 Å². The molecule has 1 aliphatic rings. The molecule has 1 fully saturated rings. The van der Waals surface area contributed by atoms with Gasteiger partial charge in [0.1, 0.15) is 5.82 Å². The quantitative estimate of drug-likeness (QED) is 0.833. The molecule has 0 atom stereocenters. The molecule has 1 aromatic heterocycles. The number of rotatable bonds is 3. The first kappa shape index (κ1) is 15.7. The lowest BCUT2D eigenvalue weighted by molar-refractivity contribution is 0.176. The minimum absolute atomic E-state index is 0.0700. The van der Waals surface area contributed by atoms with E-state index in [0.717, 1.165) is 28.9 Å². The third kappa shape index (κ3) is 3.10. The highest BCUT2D eigenvalue weighted by Crippen LogP contribution is 2.19. The number of benzene rings is 1. The molecule has 22 heavy (non-hydrogen) atoms. The number of likely N-dealkylation sites (tertiary alicyclic amines) is 1. The van der Waals surface area contributed by atoms with E-state index in [-0.39, 0.29) is 11.5 Å². The Balaban J connectivity index is 2.10. The first-order chi connectivity index (χ1) is 10.6. The molecule has 2 aromatic rings. The van der Waals surface area contributed by atoms with Gasteiger partial charge in [0.25, 0.3) is 5.56 Å². The van der Waals surface area contributed by atoms with Crippen molar-refractivity contribution in [3.8, 4) is 0 Å². The summed E-state index contributed by atoms with van der Waals surface area (Å²) in [5, 5.41) is 0.691. The molecule has 0 N–H and O–H groups in total. The summed E-state index contributed by atoms with van der Waals surface area (Å²) in [7, 11) is 0. The van der Waals surface area contributed by atoms with Crippen molar-refractivity contribution >= 4 is 26.8 Å². The second kappa shape index (κ2) is 6.50. The van der Waals surface area contributed by atoms with E-state index >= 15 is 0 Å². The van der Waals surface area contributed by atoms with Gasteiger partial charge in [-0.1, -0.05) is 36.2 Å². The fourth-order valence-corrected chi connectivity index (χ4v) is 3.45. The van der Waals surface area contributed by atoms with E-state index in [0.29, 0.717) is 12.1 Å². The molecular formula is C17H22BrN3O. The summed E-state index contributed by atoms with van der Waals surface area (Å²) in [6, 6.07) is 5.73. The molecular weight excluding hydrogens is 342 g/mol. The molecule has 1 aromatic carbocycles. The van der Waals surface area contributed by atoms with Gasteiger partial charge in [-0.3, -0.25) is 14.3 Å². The van der Waals surface area contributed by atoms with E-state index in [4.69, 9.17) is 4.98 Å². The second-order valence-corrected chi connectivity index (χ2v) is 7.26. The van der Waals surface area contributed by atoms with E-state index in [9.17, 15) is 4.79 Å². The highest BCUT2D eigenvalue weighted by molar-refractivity contribution is 9.10. The molecule has 3 rings (SSSR count). The van der Waals surface area contributed by atoms with Crippen LogP contribution in [0, 0.1) is 0 Å². The van der Waals surface area contributed by atoms with Crippen LogP contribution in [0.1, 0.15) is 44.9 Å². The van der Waals surface area contributed by atoms with Gasteiger partial charge in [0.05, 0.1) is 17.6 Å². The van der Waals surface area contributed by atoms with Gasteiger partial charge in [0.15, 0.2) is 0 Å². The van der Waals surface area contributed by atoms with E-state index in [1.165, 1.54) is 19.3 Å². The van der Waals surface area contributed by atoms with Crippen molar-refractivity contribution in [2.75, 3.05) is 13.1 Å². The Labute approximate surface area is 139 Å². The fourth-order valence-electron chi connectivity index (χ4n) is 3.09. The molecule has 0 aliphatic carbocycles. The predicted molar refractivity (Wildman–Crippen MR) is 93.2 cm³/mol. The molecule has 1 aliphatic heterocycles. The largest absolute Gasteiger partial charge is 0.286 e. The molecule has 0 bridgehead atoms. The van der Waals surface area contributed by atoms with Crippen LogP contribution in [0.4, 0.5) is 0 Å². The standard InChI is InChI=1S/C17H22BrN3O/c1-12(2)16-19-15-7-6-13(18)10-14(15)17(22)21(16)11-20-8-4-3-5-9-20/h6-7,10,12H,3-5,8-9,11H2,1-2H3. The molecule has 0 saturated carbocycles. The monoisotopic (exact) mass is 363 g/mol. The number of nitrogens with zero attached hydrogens (tertiary/aromatic N) is 3. The van der Waals surface area contributed by atoms with Crippen LogP contribution >= 0.6 is 15.9 Å². The smallest absolute Gasteiger partial charge is 0.262 e. The Morgan fingerprint density at radius 3 is 2.64 bits per heavy atom. The number of hydrogen-bond acceptors (Lipinski definition) is 3. The summed E-state index contributed by atoms with van der Waals surface area (Å²) in [5.41, 5.74) is 0.854. The van der Waals surface area contributed by atoms with Crippen molar-refractivity contribution in [1.29, 1.82) is 0 Å². The molecule has 0 amide bonds. The molecule has 2 heterocycles. The zero-order valence-electron chi connectivity index (χ0n) is 13.2. The highest BCUT2D eigenvalue weighted by atomic mass is 79.9. The SMILES string of the molecule is CC(C)c1nc2ccc(Br)cc2c(=O)n1CN1CCCCC1. The fraction of sp³-hybridized carbons (Fsp3) is 0.529. The van der Waals surface area contributed by atoms with E-state index < -0.39 is 0 Å². The number of halogens is 1. The first-order valence-electron chi connectivity index (χ1n) is 7.98. The van der Waals surface area contributed by atoms with Crippen LogP contribution < -0.4 is 5.56 Å². The van der Waals surface area contributed by atoms with Gasteiger partial charge in [0, 0.05) is 10.4 Å². The van der Waals surface area contributed by atoms with Gasteiger partial charge in [-0.15, -0.1) is 0 Å². The first-order valence-corrected chi connectivity index (χ1v) is 8.78. The van der Waals surface area contributed by atoms with Crippen LogP contribution in [0.15, 0.2) is 27.5 Å². The van der Waals surface area contributed by atoms with Crippen LogP contribution in [0.2, 0.25) is 0 Å². The average Bonchev–Trinajstić information content (AvgIpc) is 2.51. The molecule has 118 valence electrons. The number of piperidine rings is 1. The van der Waals surface area contributed by atoms with Crippen molar-refractivity contribution in [3.05, 3.63) is 38.9 Å². The van der Waals surface area contributed by atoms with Crippen molar-refractivity contribution in [1.82, 2.24) is 14.5 Å². The lowest BCUT2D eigenvalue weighted by Crippen LogP contribution is -2.37. The number of aromatic nitrogens is 2. The normalized spacial score (nSPS) is 16.5. The Bertz CT molecular complexity index is 732. The molecule has 4 nitrogen and oxygen atoms in total. The van der Waals surface area contributed by atoms with E-state index in [1.807, 2.05) is 22.8 Å². The number of hydrogen-bond donors (Lipinski definition) is 0. The summed E-state index contributed by atoms with van der Waals surface area (Å²) in [5.74, 6) is 1.11. The lowest BCUT2D eigenvalue weighted by atomic mass is 10.1. The predicted octanol–water partition coefficient (Wildman–Crippen LogP) is 3.73. The summed E-state index contributed by atoms with van der Waals surface area (Å²) in [6.07, 6.45) is 3.74. The minimum Gasteiger partial charge on any atom is -0.286 e. The van der Waals surface area contributed by atoms with Gasteiger partial charge in [-0.2, -0.15) is 0 Å². The molecule has 0 radical (unpaired) electrons. The van der Waals surface area contributed by atoms with Crippen LogP contribution in [-0.2, 0) is 6.67 Å². The minimum atomic E-state index is 0.0700. The summed E-state index contributed by atoms with van der Waals surface area (Å²) in [6.45, 7) is 6.99. The topological polar surface area (TPSA) is 38.1 Å². The average molecular weight is 364 g/mol. The molecule has 5 heteroatoms. The molecule has 1 saturated heterocycles. The van der Waals surface area contributed by atoms with Crippen molar-refractivity contribution in [2.45, 2.75) is 45.7 Å². The van der Waals surface area contributed by atoms with Gasteiger partial charge in [0.2, 0.25) is 0 Å². The maximum Gasteiger partial charge on any atom is 0.262 e. The van der Waals surface area contributed by atoms with Crippen molar-refractivity contribution in [3.63, 3.8) is 0 Å². The summed E-state index contributed by atoms with van der Waals surface area (Å²) >= 11 is 3.45.